The number of likely N-dealkylation sites (N-methyl/N-ethyl adjacent to an activating group) is 1. The summed E-state index contributed by atoms with van der Waals surface area (Å²) in [4.78, 5) is 6.26. The normalized spacial score (nSPS) is 10.7. The third-order valence-electron chi connectivity index (χ3n) is 3.43. The molecule has 0 saturated heterocycles. The van der Waals surface area contributed by atoms with Crippen LogP contribution in [-0.4, -0.2) is 37.8 Å². The lowest BCUT2D eigenvalue weighted by Gasteiger charge is -2.26. The van der Waals surface area contributed by atoms with Crippen LogP contribution in [-0.2, 0) is 6.54 Å². The second-order valence-corrected chi connectivity index (χ2v) is 5.71. The monoisotopic (exact) mass is 287 g/mol. The number of rotatable bonds is 10. The molecule has 0 spiro atoms. The Labute approximate surface area is 129 Å². The minimum Gasteiger partial charge on any atom is -0.371 e. The molecule has 0 amide bonds. The number of nitrogens with one attached hydrogen (secondary N) is 1. The van der Waals surface area contributed by atoms with Gasteiger partial charge < -0.3 is 10.2 Å². The summed E-state index contributed by atoms with van der Waals surface area (Å²) in [5, 5.41) is 3.48. The molecule has 0 aromatic heterocycles. The van der Waals surface area contributed by atoms with Crippen molar-refractivity contribution in [3.05, 3.63) is 42.0 Å². The second-order valence-electron chi connectivity index (χ2n) is 5.71. The molecule has 0 bridgehead atoms. The van der Waals surface area contributed by atoms with Crippen LogP contribution in [0, 0.1) is 5.92 Å². The molecule has 1 N–H and O–H groups in total. The largest absolute Gasteiger partial charge is 0.371 e. The Balaban J connectivity index is 2.61. The third-order valence-corrected chi connectivity index (χ3v) is 3.43. The molecule has 1 rings (SSSR count). The average Bonchev–Trinajstić information content (AvgIpc) is 2.47. The first-order chi connectivity index (χ1) is 10.1. The lowest BCUT2D eigenvalue weighted by molar-refractivity contribution is 0.402. The molecule has 3 heteroatoms. The van der Waals surface area contributed by atoms with E-state index in [9.17, 15) is 0 Å². The van der Waals surface area contributed by atoms with Crippen molar-refractivity contribution in [1.82, 2.24) is 10.2 Å². The van der Waals surface area contributed by atoms with Crippen molar-refractivity contribution in [3.63, 3.8) is 0 Å². The zero-order valence-electron chi connectivity index (χ0n) is 13.7. The van der Waals surface area contributed by atoms with Gasteiger partial charge in [-0.25, -0.2) is 0 Å². The van der Waals surface area contributed by atoms with Gasteiger partial charge >= 0.3 is 0 Å². The molecule has 0 heterocycles. The molecule has 0 aliphatic carbocycles. The van der Waals surface area contributed by atoms with Gasteiger partial charge in [-0.1, -0.05) is 38.6 Å². The summed E-state index contributed by atoms with van der Waals surface area (Å²) in [5.74, 6) is 0.686. The maximum atomic E-state index is 4.26. The van der Waals surface area contributed by atoms with E-state index in [0.717, 1.165) is 31.9 Å². The quantitative estimate of drug-likeness (QED) is 0.527. The van der Waals surface area contributed by atoms with Crippen molar-refractivity contribution in [1.29, 1.82) is 0 Å². The van der Waals surface area contributed by atoms with E-state index in [0.29, 0.717) is 12.5 Å². The highest BCUT2D eigenvalue weighted by molar-refractivity contribution is 5.62. The summed E-state index contributed by atoms with van der Waals surface area (Å²) in [7, 11) is 0. The van der Waals surface area contributed by atoms with Crippen LogP contribution in [0.3, 0.4) is 0 Å². The third kappa shape index (κ3) is 6.13. The molecule has 0 saturated carbocycles. The van der Waals surface area contributed by atoms with Crippen LogP contribution in [0.5, 0.6) is 0 Å². The molecule has 0 fully saturated rings. The predicted molar refractivity (Wildman–Crippen MR) is 93.7 cm³/mol. The van der Waals surface area contributed by atoms with Gasteiger partial charge in [0.1, 0.15) is 0 Å². The van der Waals surface area contributed by atoms with E-state index >= 15 is 0 Å². The molecule has 0 aliphatic rings. The highest BCUT2D eigenvalue weighted by Gasteiger charge is 2.08. The van der Waals surface area contributed by atoms with Crippen LogP contribution in [0.25, 0.3) is 5.70 Å². The van der Waals surface area contributed by atoms with Crippen molar-refractivity contribution in [2.75, 3.05) is 26.2 Å². The van der Waals surface area contributed by atoms with Crippen LogP contribution in [0.2, 0.25) is 0 Å². The van der Waals surface area contributed by atoms with Gasteiger partial charge in [-0.15, -0.1) is 0 Å². The van der Waals surface area contributed by atoms with Gasteiger partial charge in [-0.05, 0) is 43.3 Å². The Kier molecular flexibility index (Phi) is 7.76. The van der Waals surface area contributed by atoms with Crippen molar-refractivity contribution in [2.45, 2.75) is 27.3 Å². The fraction of sp³-hybridized carbons (Fsp3) is 0.500. The van der Waals surface area contributed by atoms with Gasteiger partial charge in [0.2, 0.25) is 0 Å². The Hall–Kier alpha value is -1.61. The topological polar surface area (TPSA) is 27.6 Å². The van der Waals surface area contributed by atoms with Crippen molar-refractivity contribution < 1.29 is 0 Å². The fourth-order valence-corrected chi connectivity index (χ4v) is 2.25. The zero-order valence-corrected chi connectivity index (χ0v) is 13.7. The van der Waals surface area contributed by atoms with Crippen LogP contribution < -0.4 is 5.32 Å². The SMILES string of the molecule is C=NCc1cccc(C(=C)N(CC)CCNCC(C)C)c1. The Morgan fingerprint density at radius 2 is 2.14 bits per heavy atom. The summed E-state index contributed by atoms with van der Waals surface area (Å²) in [6.45, 7) is 19.1. The Morgan fingerprint density at radius 3 is 2.76 bits per heavy atom. The van der Waals surface area contributed by atoms with E-state index in [2.05, 4.69) is 73.5 Å². The van der Waals surface area contributed by atoms with Crippen LogP contribution in [0.1, 0.15) is 31.9 Å². The van der Waals surface area contributed by atoms with E-state index in [-0.39, 0.29) is 0 Å². The summed E-state index contributed by atoms with van der Waals surface area (Å²) in [6.07, 6.45) is 0. The second kappa shape index (κ2) is 9.35. The van der Waals surface area contributed by atoms with Gasteiger partial charge in [0.25, 0.3) is 0 Å². The highest BCUT2D eigenvalue weighted by Crippen LogP contribution is 2.18. The predicted octanol–water partition coefficient (Wildman–Crippen LogP) is 3.43. The first-order valence-corrected chi connectivity index (χ1v) is 7.74. The number of benzene rings is 1. The van der Waals surface area contributed by atoms with E-state index in [1.165, 1.54) is 11.1 Å². The Morgan fingerprint density at radius 1 is 1.38 bits per heavy atom. The Bertz CT molecular complexity index is 452. The first kappa shape index (κ1) is 17.4. The van der Waals surface area contributed by atoms with E-state index in [1.54, 1.807) is 0 Å². The van der Waals surface area contributed by atoms with E-state index < -0.39 is 0 Å². The molecular formula is C18H29N3. The molecule has 0 radical (unpaired) electrons. The smallest absolute Gasteiger partial charge is 0.0632 e. The van der Waals surface area contributed by atoms with Crippen LogP contribution in [0.4, 0.5) is 0 Å². The fourth-order valence-electron chi connectivity index (χ4n) is 2.25. The summed E-state index contributed by atoms with van der Waals surface area (Å²) < 4.78 is 0. The molecule has 0 atom stereocenters. The number of aliphatic imine (C=N–C) groups is 1. The van der Waals surface area contributed by atoms with E-state index in [1.807, 2.05) is 0 Å². The molecule has 3 nitrogen and oxygen atoms in total. The standard InChI is InChI=1S/C18H29N3/c1-6-21(11-10-20-13-15(2)3)16(4)18-9-7-8-17(12-18)14-19-5/h7-9,12,15,20H,4-6,10-11,13-14H2,1-3H3. The van der Waals surface area contributed by atoms with Crippen LogP contribution >= 0.6 is 0 Å². The number of hydrogen-bond acceptors (Lipinski definition) is 3. The minimum absolute atomic E-state index is 0.656. The number of hydrogen-bond donors (Lipinski definition) is 1. The van der Waals surface area contributed by atoms with E-state index in [4.69, 9.17) is 0 Å². The molecule has 116 valence electrons. The highest BCUT2D eigenvalue weighted by atomic mass is 15.1. The average molecular weight is 287 g/mol. The molecule has 21 heavy (non-hydrogen) atoms. The maximum Gasteiger partial charge on any atom is 0.0632 e. The summed E-state index contributed by atoms with van der Waals surface area (Å²) in [6, 6.07) is 8.40. The first-order valence-electron chi connectivity index (χ1n) is 7.74. The molecule has 0 unspecified atom stereocenters. The summed E-state index contributed by atoms with van der Waals surface area (Å²) >= 11 is 0. The van der Waals surface area contributed by atoms with Gasteiger partial charge in [0, 0.05) is 25.3 Å². The molecular weight excluding hydrogens is 258 g/mol. The van der Waals surface area contributed by atoms with Gasteiger partial charge in [-0.2, -0.15) is 0 Å². The van der Waals surface area contributed by atoms with Gasteiger partial charge in [0.05, 0.1) is 6.54 Å². The molecule has 1 aromatic carbocycles. The van der Waals surface area contributed by atoms with Crippen molar-refractivity contribution >= 4 is 12.4 Å². The molecule has 1 aromatic rings. The maximum absolute atomic E-state index is 4.26. The lowest BCUT2D eigenvalue weighted by Crippen LogP contribution is -2.32. The van der Waals surface area contributed by atoms with Gasteiger partial charge in [-0.3, -0.25) is 4.99 Å². The van der Waals surface area contributed by atoms with Crippen molar-refractivity contribution in [2.24, 2.45) is 10.9 Å². The summed E-state index contributed by atoms with van der Waals surface area (Å²) in [5.41, 5.74) is 3.43. The zero-order chi connectivity index (χ0) is 15.7. The van der Waals surface area contributed by atoms with Crippen LogP contribution in [0.15, 0.2) is 35.8 Å². The number of nitrogens with zero attached hydrogens (tertiary/aromatic N) is 2. The van der Waals surface area contributed by atoms with Crippen molar-refractivity contribution in [3.8, 4) is 0 Å². The lowest BCUT2D eigenvalue weighted by atomic mass is 10.1. The molecule has 0 aliphatic heterocycles. The minimum atomic E-state index is 0.656. The van der Waals surface area contributed by atoms with Gasteiger partial charge in [0.15, 0.2) is 0 Å².